The van der Waals surface area contributed by atoms with Crippen molar-refractivity contribution in [1.29, 1.82) is 0 Å². The fourth-order valence-corrected chi connectivity index (χ4v) is 2.26. The first-order valence-corrected chi connectivity index (χ1v) is 6.20. The number of aromatic nitrogens is 5. The predicted molar refractivity (Wildman–Crippen MR) is 66.8 cm³/mol. The van der Waals surface area contributed by atoms with E-state index in [1.807, 2.05) is 4.68 Å². The highest BCUT2D eigenvalue weighted by atomic mass is 15.3. The Morgan fingerprint density at radius 3 is 2.94 bits per heavy atom. The third kappa shape index (κ3) is 1.78. The van der Waals surface area contributed by atoms with Crippen LogP contribution in [-0.2, 0) is 13.0 Å². The average molecular weight is 244 g/mol. The Balaban J connectivity index is 2.14. The number of hydrogen-bond donors (Lipinski definition) is 1. The molecule has 0 saturated carbocycles. The SMILES string of the molecule is CC(C)n1ncnc1-c1ncnc2c1CNCC2. The molecule has 3 rings (SSSR count). The molecular formula is C12H16N6. The van der Waals surface area contributed by atoms with Crippen LogP contribution in [0.15, 0.2) is 12.7 Å². The van der Waals surface area contributed by atoms with Crippen LogP contribution in [-0.4, -0.2) is 31.3 Å². The van der Waals surface area contributed by atoms with E-state index in [-0.39, 0.29) is 6.04 Å². The van der Waals surface area contributed by atoms with Gasteiger partial charge in [0.25, 0.3) is 0 Å². The number of nitrogens with zero attached hydrogens (tertiary/aromatic N) is 5. The Hall–Kier alpha value is -1.82. The van der Waals surface area contributed by atoms with E-state index >= 15 is 0 Å². The van der Waals surface area contributed by atoms with Crippen molar-refractivity contribution in [2.45, 2.75) is 32.9 Å². The summed E-state index contributed by atoms with van der Waals surface area (Å²) >= 11 is 0. The van der Waals surface area contributed by atoms with E-state index in [0.717, 1.165) is 42.3 Å². The van der Waals surface area contributed by atoms with Crippen molar-refractivity contribution in [3.63, 3.8) is 0 Å². The van der Waals surface area contributed by atoms with Crippen LogP contribution in [0.3, 0.4) is 0 Å². The molecule has 1 aliphatic rings. The summed E-state index contributed by atoms with van der Waals surface area (Å²) in [6.07, 6.45) is 4.15. The number of rotatable bonds is 2. The standard InChI is InChI=1S/C12H16N6/c1-8(2)18-12(16-7-17-18)11-9-5-13-4-3-10(9)14-6-15-11/h6-8,13H,3-5H2,1-2H3. The Morgan fingerprint density at radius 1 is 1.22 bits per heavy atom. The summed E-state index contributed by atoms with van der Waals surface area (Å²) in [7, 11) is 0. The molecule has 0 fully saturated rings. The molecule has 2 aromatic heterocycles. The van der Waals surface area contributed by atoms with Gasteiger partial charge in [0.15, 0.2) is 5.82 Å². The summed E-state index contributed by atoms with van der Waals surface area (Å²) in [4.78, 5) is 13.1. The van der Waals surface area contributed by atoms with Crippen LogP contribution < -0.4 is 5.32 Å². The van der Waals surface area contributed by atoms with Crippen LogP contribution in [0.4, 0.5) is 0 Å². The minimum atomic E-state index is 0.268. The zero-order valence-corrected chi connectivity index (χ0v) is 10.6. The highest BCUT2D eigenvalue weighted by Gasteiger charge is 2.20. The van der Waals surface area contributed by atoms with Crippen LogP contribution in [0, 0.1) is 0 Å². The monoisotopic (exact) mass is 244 g/mol. The van der Waals surface area contributed by atoms with Crippen molar-refractivity contribution in [2.24, 2.45) is 0 Å². The summed E-state index contributed by atoms with van der Waals surface area (Å²) in [6, 6.07) is 0.268. The molecule has 0 spiro atoms. The molecule has 0 amide bonds. The van der Waals surface area contributed by atoms with E-state index in [0.29, 0.717) is 0 Å². The topological polar surface area (TPSA) is 68.5 Å². The van der Waals surface area contributed by atoms with E-state index in [1.54, 1.807) is 12.7 Å². The van der Waals surface area contributed by atoms with E-state index < -0.39 is 0 Å². The van der Waals surface area contributed by atoms with Crippen molar-refractivity contribution in [1.82, 2.24) is 30.0 Å². The van der Waals surface area contributed by atoms with Gasteiger partial charge in [-0.1, -0.05) is 0 Å². The smallest absolute Gasteiger partial charge is 0.177 e. The molecule has 2 aromatic rings. The van der Waals surface area contributed by atoms with Gasteiger partial charge in [-0.2, -0.15) is 5.10 Å². The first kappa shape index (κ1) is 11.3. The second-order valence-corrected chi connectivity index (χ2v) is 4.70. The fraction of sp³-hybridized carbons (Fsp3) is 0.500. The molecular weight excluding hydrogens is 228 g/mol. The molecule has 3 heterocycles. The average Bonchev–Trinajstić information content (AvgIpc) is 2.87. The minimum Gasteiger partial charge on any atom is -0.312 e. The van der Waals surface area contributed by atoms with E-state index in [1.165, 1.54) is 0 Å². The van der Waals surface area contributed by atoms with Gasteiger partial charge < -0.3 is 5.32 Å². The molecule has 94 valence electrons. The molecule has 0 unspecified atom stereocenters. The minimum absolute atomic E-state index is 0.268. The lowest BCUT2D eigenvalue weighted by Crippen LogP contribution is -2.26. The molecule has 18 heavy (non-hydrogen) atoms. The molecule has 0 atom stereocenters. The van der Waals surface area contributed by atoms with Gasteiger partial charge in [0.05, 0.1) is 5.69 Å². The molecule has 6 heteroatoms. The molecule has 6 nitrogen and oxygen atoms in total. The summed E-state index contributed by atoms with van der Waals surface area (Å²) in [6.45, 7) is 5.95. The summed E-state index contributed by atoms with van der Waals surface area (Å²) in [5, 5.41) is 7.62. The van der Waals surface area contributed by atoms with Gasteiger partial charge >= 0.3 is 0 Å². The van der Waals surface area contributed by atoms with Crippen molar-refractivity contribution in [3.05, 3.63) is 23.9 Å². The largest absolute Gasteiger partial charge is 0.312 e. The lowest BCUT2D eigenvalue weighted by atomic mass is 10.1. The van der Waals surface area contributed by atoms with Crippen molar-refractivity contribution in [3.8, 4) is 11.5 Å². The van der Waals surface area contributed by atoms with E-state index in [9.17, 15) is 0 Å². The third-order valence-corrected chi connectivity index (χ3v) is 3.15. The summed E-state index contributed by atoms with van der Waals surface area (Å²) in [5.74, 6) is 0.826. The number of fused-ring (bicyclic) bond motifs is 1. The third-order valence-electron chi connectivity index (χ3n) is 3.15. The second-order valence-electron chi connectivity index (χ2n) is 4.70. The van der Waals surface area contributed by atoms with E-state index in [4.69, 9.17) is 0 Å². The van der Waals surface area contributed by atoms with Crippen LogP contribution in [0.2, 0.25) is 0 Å². The number of nitrogens with one attached hydrogen (secondary N) is 1. The maximum atomic E-state index is 4.40. The Morgan fingerprint density at radius 2 is 2.11 bits per heavy atom. The van der Waals surface area contributed by atoms with Gasteiger partial charge in [-0.05, 0) is 13.8 Å². The van der Waals surface area contributed by atoms with Gasteiger partial charge in [-0.25, -0.2) is 19.6 Å². The van der Waals surface area contributed by atoms with E-state index in [2.05, 4.69) is 39.2 Å². The van der Waals surface area contributed by atoms with Crippen LogP contribution in [0.1, 0.15) is 31.1 Å². The molecule has 0 saturated heterocycles. The molecule has 0 aromatic carbocycles. The lowest BCUT2D eigenvalue weighted by molar-refractivity contribution is 0.535. The van der Waals surface area contributed by atoms with Crippen LogP contribution >= 0.6 is 0 Å². The van der Waals surface area contributed by atoms with Gasteiger partial charge in [0, 0.05) is 31.1 Å². The summed E-state index contributed by atoms with van der Waals surface area (Å²) < 4.78 is 1.90. The quantitative estimate of drug-likeness (QED) is 0.852. The lowest BCUT2D eigenvalue weighted by Gasteiger charge is -2.18. The molecule has 1 N–H and O–H groups in total. The highest BCUT2D eigenvalue weighted by Crippen LogP contribution is 2.24. The molecule has 1 aliphatic heterocycles. The maximum Gasteiger partial charge on any atom is 0.177 e. The van der Waals surface area contributed by atoms with Gasteiger partial charge in [0.1, 0.15) is 18.3 Å². The van der Waals surface area contributed by atoms with Crippen LogP contribution in [0.5, 0.6) is 0 Å². The Bertz CT molecular complexity index is 559. The zero-order valence-electron chi connectivity index (χ0n) is 10.6. The number of hydrogen-bond acceptors (Lipinski definition) is 5. The molecule has 0 bridgehead atoms. The maximum absolute atomic E-state index is 4.40. The van der Waals surface area contributed by atoms with Crippen molar-refractivity contribution < 1.29 is 0 Å². The van der Waals surface area contributed by atoms with Gasteiger partial charge in [0.2, 0.25) is 0 Å². The highest BCUT2D eigenvalue weighted by molar-refractivity contribution is 5.56. The van der Waals surface area contributed by atoms with Gasteiger partial charge in [-0.3, -0.25) is 0 Å². The van der Waals surface area contributed by atoms with Crippen LogP contribution in [0.25, 0.3) is 11.5 Å². The Kier molecular flexibility index (Phi) is 2.79. The molecule has 0 aliphatic carbocycles. The van der Waals surface area contributed by atoms with Crippen molar-refractivity contribution in [2.75, 3.05) is 6.54 Å². The normalized spacial score (nSPS) is 14.8. The first-order valence-electron chi connectivity index (χ1n) is 6.20. The molecule has 0 radical (unpaired) electrons. The fourth-order valence-electron chi connectivity index (χ4n) is 2.26. The zero-order chi connectivity index (χ0) is 12.5. The Labute approximate surface area is 105 Å². The first-order chi connectivity index (χ1) is 8.77. The van der Waals surface area contributed by atoms with Crippen molar-refractivity contribution >= 4 is 0 Å². The summed E-state index contributed by atoms with van der Waals surface area (Å²) in [5.41, 5.74) is 3.18. The van der Waals surface area contributed by atoms with Gasteiger partial charge in [-0.15, -0.1) is 0 Å². The predicted octanol–water partition coefficient (Wildman–Crippen LogP) is 0.962. The second kappa shape index (κ2) is 4.45.